The molecule has 1 aliphatic rings. The monoisotopic (exact) mass is 194 g/mol. The van der Waals surface area contributed by atoms with Crippen LogP contribution >= 0.6 is 0 Å². The second-order valence-electron chi connectivity index (χ2n) is 4.14. The Bertz CT molecular complexity index is 353. The van der Waals surface area contributed by atoms with Crippen molar-refractivity contribution in [2.75, 3.05) is 0 Å². The van der Waals surface area contributed by atoms with Crippen LogP contribution < -0.4 is 0 Å². The van der Waals surface area contributed by atoms with E-state index in [4.69, 9.17) is 5.11 Å². The second-order valence-corrected chi connectivity index (χ2v) is 4.14. The number of carboxylic acid groups (broad SMARTS) is 1. The summed E-state index contributed by atoms with van der Waals surface area (Å²) in [5.41, 5.74) is 0.526. The molecular weight excluding hydrogens is 180 g/mol. The fourth-order valence-electron chi connectivity index (χ4n) is 2.02. The number of aliphatic carboxylic acids is 1. The number of rotatable bonds is 3. The molecule has 1 aromatic heterocycles. The summed E-state index contributed by atoms with van der Waals surface area (Å²) in [6, 6.07) is 0. The number of hydrogen-bond acceptors (Lipinski definition) is 2. The van der Waals surface area contributed by atoms with Crippen LogP contribution in [0.1, 0.15) is 24.8 Å². The quantitative estimate of drug-likeness (QED) is 0.787. The van der Waals surface area contributed by atoms with Crippen molar-refractivity contribution in [1.82, 2.24) is 9.78 Å². The Morgan fingerprint density at radius 3 is 2.79 bits per heavy atom. The highest BCUT2D eigenvalue weighted by atomic mass is 16.4. The van der Waals surface area contributed by atoms with Gasteiger partial charge in [0.25, 0.3) is 0 Å². The molecule has 1 N–H and O–H groups in total. The van der Waals surface area contributed by atoms with Gasteiger partial charge in [-0.3, -0.25) is 9.48 Å². The normalized spacial score (nSPS) is 18.9. The summed E-state index contributed by atoms with van der Waals surface area (Å²) in [5.74, 6) is -0.660. The van der Waals surface area contributed by atoms with E-state index in [-0.39, 0.29) is 0 Å². The first-order chi connectivity index (χ1) is 6.62. The van der Waals surface area contributed by atoms with Gasteiger partial charge < -0.3 is 5.11 Å². The first kappa shape index (κ1) is 9.24. The minimum Gasteiger partial charge on any atom is -0.481 e. The van der Waals surface area contributed by atoms with Crippen LogP contribution in [0.25, 0.3) is 0 Å². The van der Waals surface area contributed by atoms with Gasteiger partial charge in [-0.05, 0) is 24.8 Å². The molecule has 1 heterocycles. The molecule has 0 atom stereocenters. The third-order valence-corrected chi connectivity index (χ3v) is 3.07. The Kier molecular flexibility index (Phi) is 2.06. The molecule has 1 saturated carbocycles. The van der Waals surface area contributed by atoms with Gasteiger partial charge in [0.2, 0.25) is 0 Å². The molecule has 4 heteroatoms. The van der Waals surface area contributed by atoms with Crippen molar-refractivity contribution in [2.45, 2.75) is 25.7 Å². The Balaban J connectivity index is 2.12. The van der Waals surface area contributed by atoms with Crippen LogP contribution in [0.15, 0.2) is 12.4 Å². The molecule has 1 aromatic rings. The highest BCUT2D eigenvalue weighted by Crippen LogP contribution is 2.43. The topological polar surface area (TPSA) is 55.1 Å². The first-order valence-electron chi connectivity index (χ1n) is 4.83. The molecule has 14 heavy (non-hydrogen) atoms. The zero-order chi connectivity index (χ0) is 10.2. The maximum absolute atomic E-state index is 11.1. The minimum atomic E-state index is -0.660. The van der Waals surface area contributed by atoms with E-state index in [0.29, 0.717) is 6.42 Å². The molecule has 2 rings (SSSR count). The SMILES string of the molecule is Cn1cc(CC2(C(=O)O)CCC2)cn1. The lowest BCUT2D eigenvalue weighted by Gasteiger charge is -2.37. The molecule has 0 saturated heterocycles. The zero-order valence-corrected chi connectivity index (χ0v) is 8.23. The second kappa shape index (κ2) is 3.12. The van der Waals surface area contributed by atoms with Crippen LogP contribution in [0.4, 0.5) is 0 Å². The molecule has 1 aliphatic carbocycles. The number of aryl methyl sites for hydroxylation is 1. The van der Waals surface area contributed by atoms with Crippen LogP contribution in [0, 0.1) is 5.41 Å². The van der Waals surface area contributed by atoms with Crippen molar-refractivity contribution in [1.29, 1.82) is 0 Å². The number of nitrogens with zero attached hydrogens (tertiary/aromatic N) is 2. The molecule has 1 fully saturated rings. The molecular formula is C10H14N2O2. The van der Waals surface area contributed by atoms with Gasteiger partial charge in [0.1, 0.15) is 0 Å². The van der Waals surface area contributed by atoms with Crippen LogP contribution in [0.3, 0.4) is 0 Å². The van der Waals surface area contributed by atoms with E-state index in [1.165, 1.54) is 0 Å². The summed E-state index contributed by atoms with van der Waals surface area (Å²) in [6.45, 7) is 0. The van der Waals surface area contributed by atoms with E-state index in [2.05, 4.69) is 5.10 Å². The van der Waals surface area contributed by atoms with Crippen molar-refractivity contribution in [3.8, 4) is 0 Å². The van der Waals surface area contributed by atoms with E-state index < -0.39 is 11.4 Å². The van der Waals surface area contributed by atoms with E-state index in [1.54, 1.807) is 10.9 Å². The lowest BCUT2D eigenvalue weighted by Crippen LogP contribution is -2.39. The third kappa shape index (κ3) is 1.41. The average Bonchev–Trinajstić information content (AvgIpc) is 2.43. The zero-order valence-electron chi connectivity index (χ0n) is 8.23. The van der Waals surface area contributed by atoms with Gasteiger partial charge in [-0.15, -0.1) is 0 Å². The summed E-state index contributed by atoms with van der Waals surface area (Å²) < 4.78 is 1.71. The van der Waals surface area contributed by atoms with E-state index in [9.17, 15) is 4.79 Å². The summed E-state index contributed by atoms with van der Waals surface area (Å²) >= 11 is 0. The number of carbonyl (C=O) groups is 1. The highest BCUT2D eigenvalue weighted by molar-refractivity contribution is 5.76. The maximum atomic E-state index is 11.1. The standard InChI is InChI=1S/C10H14N2O2/c1-12-7-8(6-11-12)5-10(9(13)14)3-2-4-10/h6-7H,2-5H2,1H3,(H,13,14). The average molecular weight is 194 g/mol. The third-order valence-electron chi connectivity index (χ3n) is 3.07. The van der Waals surface area contributed by atoms with Gasteiger partial charge in [0.05, 0.1) is 11.6 Å². The van der Waals surface area contributed by atoms with Gasteiger partial charge in [-0.25, -0.2) is 0 Å². The van der Waals surface area contributed by atoms with Gasteiger partial charge in [0.15, 0.2) is 0 Å². The first-order valence-corrected chi connectivity index (χ1v) is 4.83. The molecule has 0 spiro atoms. The highest BCUT2D eigenvalue weighted by Gasteiger charge is 2.44. The van der Waals surface area contributed by atoms with Crippen LogP contribution in [-0.2, 0) is 18.3 Å². The predicted molar refractivity (Wildman–Crippen MR) is 50.8 cm³/mol. The lowest BCUT2D eigenvalue weighted by molar-refractivity contribution is -0.154. The molecule has 4 nitrogen and oxygen atoms in total. The molecule has 0 bridgehead atoms. The fourth-order valence-corrected chi connectivity index (χ4v) is 2.02. The van der Waals surface area contributed by atoms with Crippen LogP contribution in [0.2, 0.25) is 0 Å². The minimum absolute atomic E-state index is 0.497. The Hall–Kier alpha value is -1.32. The Labute approximate surface area is 82.5 Å². The van der Waals surface area contributed by atoms with Gasteiger partial charge >= 0.3 is 5.97 Å². The summed E-state index contributed by atoms with van der Waals surface area (Å²) in [7, 11) is 1.84. The van der Waals surface area contributed by atoms with Gasteiger partial charge in [-0.2, -0.15) is 5.10 Å². The largest absolute Gasteiger partial charge is 0.481 e. The van der Waals surface area contributed by atoms with Crippen LogP contribution in [-0.4, -0.2) is 20.9 Å². The molecule has 0 unspecified atom stereocenters. The predicted octanol–water partition coefficient (Wildman–Crippen LogP) is 1.22. The van der Waals surface area contributed by atoms with Crippen molar-refractivity contribution < 1.29 is 9.90 Å². The summed E-state index contributed by atoms with van der Waals surface area (Å²) in [4.78, 5) is 11.1. The summed E-state index contributed by atoms with van der Waals surface area (Å²) in [6.07, 6.45) is 6.91. The lowest BCUT2D eigenvalue weighted by atomic mass is 9.66. The van der Waals surface area contributed by atoms with E-state index in [0.717, 1.165) is 24.8 Å². The molecule has 0 aliphatic heterocycles. The Morgan fingerprint density at radius 1 is 1.71 bits per heavy atom. The summed E-state index contributed by atoms with van der Waals surface area (Å²) in [5, 5.41) is 13.2. The molecule has 76 valence electrons. The molecule has 0 aromatic carbocycles. The molecule has 0 radical (unpaired) electrons. The van der Waals surface area contributed by atoms with Crippen molar-refractivity contribution >= 4 is 5.97 Å². The van der Waals surface area contributed by atoms with Crippen molar-refractivity contribution in [2.24, 2.45) is 12.5 Å². The van der Waals surface area contributed by atoms with E-state index in [1.807, 2.05) is 13.2 Å². The maximum Gasteiger partial charge on any atom is 0.309 e. The fraction of sp³-hybridized carbons (Fsp3) is 0.600. The van der Waals surface area contributed by atoms with Gasteiger partial charge in [0, 0.05) is 13.2 Å². The number of hydrogen-bond donors (Lipinski definition) is 1. The smallest absolute Gasteiger partial charge is 0.309 e. The number of carboxylic acids is 1. The van der Waals surface area contributed by atoms with E-state index >= 15 is 0 Å². The van der Waals surface area contributed by atoms with Crippen molar-refractivity contribution in [3.63, 3.8) is 0 Å². The Morgan fingerprint density at radius 2 is 2.43 bits per heavy atom. The number of aromatic nitrogens is 2. The molecule has 0 amide bonds. The van der Waals surface area contributed by atoms with Gasteiger partial charge in [-0.1, -0.05) is 6.42 Å². The van der Waals surface area contributed by atoms with Crippen molar-refractivity contribution in [3.05, 3.63) is 18.0 Å². The van der Waals surface area contributed by atoms with Crippen LogP contribution in [0.5, 0.6) is 0 Å².